The van der Waals surface area contributed by atoms with Crippen molar-refractivity contribution in [3.63, 3.8) is 0 Å². The Bertz CT molecular complexity index is 733. The predicted molar refractivity (Wildman–Crippen MR) is 109 cm³/mol. The third-order valence-electron chi connectivity index (χ3n) is 5.82. The van der Waals surface area contributed by atoms with Crippen LogP contribution < -0.4 is 9.47 Å². The molecule has 1 fully saturated rings. The lowest BCUT2D eigenvalue weighted by Crippen LogP contribution is -2.21. The van der Waals surface area contributed by atoms with Crippen LogP contribution in [0.2, 0.25) is 0 Å². The van der Waals surface area contributed by atoms with E-state index in [0.717, 1.165) is 11.7 Å². The van der Waals surface area contributed by atoms with E-state index in [-0.39, 0.29) is 5.97 Å². The molecule has 1 saturated carbocycles. The Kier molecular flexibility index (Phi) is 6.54. The van der Waals surface area contributed by atoms with Crippen LogP contribution in [0.4, 0.5) is 0 Å². The summed E-state index contributed by atoms with van der Waals surface area (Å²) in [6.07, 6.45) is 6.53. The quantitative estimate of drug-likeness (QED) is 0.449. The molecule has 0 amide bonds. The van der Waals surface area contributed by atoms with Crippen molar-refractivity contribution >= 4 is 5.97 Å². The molecular formula is C24H30O3. The highest BCUT2D eigenvalue weighted by Gasteiger charge is 2.28. The van der Waals surface area contributed by atoms with E-state index in [4.69, 9.17) is 9.47 Å². The number of rotatable bonds is 6. The predicted octanol–water partition coefficient (Wildman–Crippen LogP) is 6.23. The van der Waals surface area contributed by atoms with Crippen molar-refractivity contribution in [1.29, 1.82) is 0 Å². The highest BCUT2D eigenvalue weighted by Crippen LogP contribution is 2.41. The van der Waals surface area contributed by atoms with Gasteiger partial charge in [0.05, 0.1) is 12.7 Å². The standard InChI is InChI=1S/C24H30O3/c1-4-5-18-6-15-23(17(2)16-18)19-7-9-20(10-8-19)24(25)27-22-13-11-21(26-3)12-14-22/h7-14,17-18,23H,4-6,15-16H2,1-3H3. The van der Waals surface area contributed by atoms with Gasteiger partial charge in [-0.05, 0) is 79.0 Å². The fraction of sp³-hybridized carbons (Fsp3) is 0.458. The van der Waals surface area contributed by atoms with Crippen LogP contribution in [0.3, 0.4) is 0 Å². The molecule has 3 rings (SSSR count). The van der Waals surface area contributed by atoms with Crippen LogP contribution in [-0.4, -0.2) is 13.1 Å². The highest BCUT2D eigenvalue weighted by atomic mass is 16.5. The molecule has 3 atom stereocenters. The minimum absolute atomic E-state index is 0.327. The van der Waals surface area contributed by atoms with Crippen molar-refractivity contribution in [2.75, 3.05) is 7.11 Å². The van der Waals surface area contributed by atoms with E-state index in [1.807, 2.05) is 12.1 Å². The van der Waals surface area contributed by atoms with Gasteiger partial charge in [-0.2, -0.15) is 0 Å². The van der Waals surface area contributed by atoms with Gasteiger partial charge >= 0.3 is 5.97 Å². The summed E-state index contributed by atoms with van der Waals surface area (Å²) in [5.41, 5.74) is 1.93. The van der Waals surface area contributed by atoms with Crippen LogP contribution in [0.25, 0.3) is 0 Å². The Hall–Kier alpha value is -2.29. The minimum Gasteiger partial charge on any atom is -0.497 e. The SMILES string of the molecule is CCCC1CCC(c2ccc(C(=O)Oc3ccc(OC)cc3)cc2)C(C)C1. The third-order valence-corrected chi connectivity index (χ3v) is 5.82. The highest BCUT2D eigenvalue weighted by molar-refractivity contribution is 5.91. The topological polar surface area (TPSA) is 35.5 Å². The molecule has 27 heavy (non-hydrogen) atoms. The van der Waals surface area contributed by atoms with Crippen molar-refractivity contribution in [1.82, 2.24) is 0 Å². The number of benzene rings is 2. The lowest BCUT2D eigenvalue weighted by molar-refractivity contribution is 0.0734. The zero-order chi connectivity index (χ0) is 19.2. The Morgan fingerprint density at radius 2 is 1.67 bits per heavy atom. The summed E-state index contributed by atoms with van der Waals surface area (Å²) < 4.78 is 10.6. The van der Waals surface area contributed by atoms with Gasteiger partial charge < -0.3 is 9.47 Å². The number of esters is 1. The van der Waals surface area contributed by atoms with E-state index in [1.165, 1.54) is 37.7 Å². The smallest absolute Gasteiger partial charge is 0.343 e. The molecule has 0 N–H and O–H groups in total. The van der Waals surface area contributed by atoms with E-state index in [1.54, 1.807) is 31.4 Å². The number of hydrogen-bond donors (Lipinski definition) is 0. The summed E-state index contributed by atoms with van der Waals surface area (Å²) in [5, 5.41) is 0. The van der Waals surface area contributed by atoms with Gasteiger partial charge in [0.1, 0.15) is 11.5 Å². The summed E-state index contributed by atoms with van der Waals surface area (Å²) in [5.74, 6) is 3.12. The first-order chi connectivity index (χ1) is 13.1. The van der Waals surface area contributed by atoms with Crippen LogP contribution in [0.15, 0.2) is 48.5 Å². The van der Waals surface area contributed by atoms with Crippen molar-refractivity contribution in [3.8, 4) is 11.5 Å². The summed E-state index contributed by atoms with van der Waals surface area (Å²) in [6.45, 7) is 4.65. The molecule has 0 heterocycles. The van der Waals surface area contributed by atoms with Gasteiger partial charge in [0.15, 0.2) is 0 Å². The Morgan fingerprint density at radius 3 is 2.26 bits per heavy atom. The van der Waals surface area contributed by atoms with Gasteiger partial charge in [0.2, 0.25) is 0 Å². The normalized spacial score (nSPS) is 22.3. The van der Waals surface area contributed by atoms with E-state index >= 15 is 0 Å². The van der Waals surface area contributed by atoms with E-state index in [9.17, 15) is 4.79 Å². The lowest BCUT2D eigenvalue weighted by atomic mass is 9.71. The molecule has 0 aliphatic heterocycles. The third kappa shape index (κ3) is 4.91. The average Bonchev–Trinajstić information content (AvgIpc) is 2.69. The summed E-state index contributed by atoms with van der Waals surface area (Å²) >= 11 is 0. The molecule has 0 saturated heterocycles. The molecule has 2 aromatic carbocycles. The first-order valence-corrected chi connectivity index (χ1v) is 10.1. The second kappa shape index (κ2) is 9.07. The zero-order valence-corrected chi connectivity index (χ0v) is 16.6. The van der Waals surface area contributed by atoms with Crippen molar-refractivity contribution < 1.29 is 14.3 Å². The van der Waals surface area contributed by atoms with Crippen molar-refractivity contribution in [2.45, 2.75) is 51.9 Å². The molecule has 0 aromatic heterocycles. The van der Waals surface area contributed by atoms with Crippen molar-refractivity contribution in [2.24, 2.45) is 11.8 Å². The van der Waals surface area contributed by atoms with Crippen molar-refractivity contribution in [3.05, 3.63) is 59.7 Å². The molecule has 1 aliphatic carbocycles. The number of carbonyl (C=O) groups excluding carboxylic acids is 1. The Balaban J connectivity index is 1.61. The van der Waals surface area contributed by atoms with Crippen LogP contribution in [0.1, 0.15) is 67.8 Å². The van der Waals surface area contributed by atoms with E-state index in [2.05, 4.69) is 26.0 Å². The molecule has 144 valence electrons. The van der Waals surface area contributed by atoms with E-state index in [0.29, 0.717) is 23.1 Å². The number of methoxy groups -OCH3 is 1. The van der Waals surface area contributed by atoms with Gasteiger partial charge in [-0.3, -0.25) is 0 Å². The zero-order valence-electron chi connectivity index (χ0n) is 16.6. The van der Waals surface area contributed by atoms with Gasteiger partial charge in [0.25, 0.3) is 0 Å². The molecule has 0 spiro atoms. The average molecular weight is 367 g/mol. The van der Waals surface area contributed by atoms with Crippen LogP contribution in [0.5, 0.6) is 11.5 Å². The fourth-order valence-electron chi connectivity index (χ4n) is 4.35. The fourth-order valence-corrected chi connectivity index (χ4v) is 4.35. The molecule has 2 aromatic rings. The number of carbonyl (C=O) groups is 1. The minimum atomic E-state index is -0.327. The first-order valence-electron chi connectivity index (χ1n) is 10.1. The maximum atomic E-state index is 12.4. The Morgan fingerprint density at radius 1 is 1.00 bits per heavy atom. The van der Waals surface area contributed by atoms with Gasteiger partial charge in [-0.1, -0.05) is 38.8 Å². The van der Waals surface area contributed by atoms with Crippen LogP contribution >= 0.6 is 0 Å². The lowest BCUT2D eigenvalue weighted by Gasteiger charge is -2.34. The maximum absolute atomic E-state index is 12.4. The summed E-state index contributed by atoms with van der Waals surface area (Å²) in [7, 11) is 1.61. The van der Waals surface area contributed by atoms with Crippen LogP contribution in [0, 0.1) is 11.8 Å². The molecule has 1 aliphatic rings. The Labute approximate surface area is 162 Å². The maximum Gasteiger partial charge on any atom is 0.343 e. The monoisotopic (exact) mass is 366 g/mol. The molecule has 0 radical (unpaired) electrons. The number of hydrogen-bond acceptors (Lipinski definition) is 3. The van der Waals surface area contributed by atoms with Gasteiger partial charge in [-0.15, -0.1) is 0 Å². The van der Waals surface area contributed by atoms with E-state index < -0.39 is 0 Å². The number of ether oxygens (including phenoxy) is 2. The van der Waals surface area contributed by atoms with Gasteiger partial charge in [0, 0.05) is 0 Å². The molecular weight excluding hydrogens is 336 g/mol. The first kappa shape index (κ1) is 19.5. The molecule has 3 nitrogen and oxygen atoms in total. The molecule has 3 unspecified atom stereocenters. The largest absolute Gasteiger partial charge is 0.497 e. The second-order valence-corrected chi connectivity index (χ2v) is 7.74. The molecule has 3 heteroatoms. The summed E-state index contributed by atoms with van der Waals surface area (Å²) in [4.78, 5) is 12.4. The summed E-state index contributed by atoms with van der Waals surface area (Å²) in [6, 6.07) is 15.0. The van der Waals surface area contributed by atoms with Gasteiger partial charge in [-0.25, -0.2) is 4.79 Å². The van der Waals surface area contributed by atoms with Crippen LogP contribution in [-0.2, 0) is 0 Å². The molecule has 0 bridgehead atoms. The second-order valence-electron chi connectivity index (χ2n) is 7.74.